The summed E-state index contributed by atoms with van der Waals surface area (Å²) in [6.07, 6.45) is -2.89. The number of pyridine rings is 1. The lowest BCUT2D eigenvalue weighted by atomic mass is 9.33. The second-order valence-corrected chi connectivity index (χ2v) is 11.8. The average molecular weight is 581 g/mol. The highest BCUT2D eigenvalue weighted by atomic mass is 19.4. The predicted molar refractivity (Wildman–Crippen MR) is 146 cm³/mol. The van der Waals surface area contributed by atoms with Gasteiger partial charge in [-0.05, 0) is 63.1 Å². The molecule has 3 aromatic rings. The second-order valence-electron chi connectivity index (χ2n) is 11.8. The molecule has 1 aliphatic heterocycles. The fourth-order valence-electron chi connectivity index (χ4n) is 6.31. The number of ether oxygens (including phenoxy) is 2. The fraction of sp³-hybridized carbons (Fsp3) is 0.452. The van der Waals surface area contributed by atoms with Crippen molar-refractivity contribution in [3.63, 3.8) is 0 Å². The lowest BCUT2D eigenvalue weighted by molar-refractivity contribution is -0.346. The fourth-order valence-corrected chi connectivity index (χ4v) is 6.31. The molecule has 1 saturated heterocycles. The second kappa shape index (κ2) is 10.4. The molecule has 0 spiro atoms. The van der Waals surface area contributed by atoms with Crippen molar-refractivity contribution in [2.24, 2.45) is 16.7 Å². The number of nitrogens with zero attached hydrogens (tertiary/aromatic N) is 3. The van der Waals surface area contributed by atoms with E-state index in [9.17, 15) is 22.8 Å². The molecule has 2 bridgehead atoms. The molecule has 11 heteroatoms. The van der Waals surface area contributed by atoms with Gasteiger partial charge in [0.2, 0.25) is 11.8 Å². The minimum absolute atomic E-state index is 0.00325. The molecule has 4 aliphatic rings. The standard InChI is InChI=1S/C31H31F3N4O4/c1-18-19(2)37-27(25(36-18)26(39)29-15-30(16-29,17-29)31(32,33)34)38-28(40)21-10-11-41-23(12-21)22-8-9-24(35-13-22)42-14-20-6-4-3-5-7-20/h3-9,13,21,23H,10-12,14-17H2,1-2H3,(H,37,38,40)/t21-,23+,29?,30?/m0/s1. The Balaban J connectivity index is 1.11. The normalized spacial score (nSPS) is 26.5. The molecule has 3 aliphatic carbocycles. The van der Waals surface area contributed by atoms with Gasteiger partial charge in [-0.3, -0.25) is 9.59 Å². The highest BCUT2D eigenvalue weighted by Crippen LogP contribution is 2.79. The summed E-state index contributed by atoms with van der Waals surface area (Å²) in [5.74, 6) is -0.778. The van der Waals surface area contributed by atoms with Crippen LogP contribution in [0.3, 0.4) is 0 Å². The van der Waals surface area contributed by atoms with Crippen molar-refractivity contribution in [1.29, 1.82) is 0 Å². The average Bonchev–Trinajstić information content (AvgIpc) is 2.92. The molecule has 1 amide bonds. The monoisotopic (exact) mass is 580 g/mol. The predicted octanol–water partition coefficient (Wildman–Crippen LogP) is 6.09. The number of carbonyl (C=O) groups is 2. The number of hydrogen-bond acceptors (Lipinski definition) is 7. The van der Waals surface area contributed by atoms with Crippen LogP contribution < -0.4 is 10.1 Å². The van der Waals surface area contributed by atoms with Crippen molar-refractivity contribution < 1.29 is 32.2 Å². The number of carbonyl (C=O) groups excluding carboxylic acids is 2. The Hall–Kier alpha value is -3.86. The van der Waals surface area contributed by atoms with E-state index in [2.05, 4.69) is 20.3 Å². The van der Waals surface area contributed by atoms with Crippen molar-refractivity contribution in [2.45, 2.75) is 64.8 Å². The number of aromatic nitrogens is 3. The molecule has 1 N–H and O–H groups in total. The number of nitrogens with one attached hydrogen (secondary N) is 1. The van der Waals surface area contributed by atoms with Crippen LogP contribution in [-0.4, -0.2) is 39.4 Å². The van der Waals surface area contributed by atoms with Gasteiger partial charge >= 0.3 is 6.18 Å². The molecule has 42 heavy (non-hydrogen) atoms. The zero-order valence-electron chi connectivity index (χ0n) is 23.3. The van der Waals surface area contributed by atoms with E-state index in [0.717, 1.165) is 11.1 Å². The van der Waals surface area contributed by atoms with Gasteiger partial charge < -0.3 is 14.8 Å². The van der Waals surface area contributed by atoms with Gasteiger partial charge in [0.1, 0.15) is 12.3 Å². The van der Waals surface area contributed by atoms with Gasteiger partial charge in [0.25, 0.3) is 0 Å². The van der Waals surface area contributed by atoms with E-state index in [0.29, 0.717) is 43.3 Å². The third kappa shape index (κ3) is 5.04. The van der Waals surface area contributed by atoms with E-state index in [1.54, 1.807) is 26.1 Å². The van der Waals surface area contributed by atoms with Crippen LogP contribution in [0.2, 0.25) is 0 Å². The molecule has 0 radical (unpaired) electrons. The molecule has 8 nitrogen and oxygen atoms in total. The van der Waals surface area contributed by atoms with Gasteiger partial charge in [0, 0.05) is 30.2 Å². The number of aryl methyl sites for hydroxylation is 2. The van der Waals surface area contributed by atoms with E-state index in [1.807, 2.05) is 36.4 Å². The number of benzene rings is 1. The first-order valence-electron chi connectivity index (χ1n) is 14.0. The Bertz CT molecular complexity index is 1490. The van der Waals surface area contributed by atoms with Crippen LogP contribution >= 0.6 is 0 Å². The first-order chi connectivity index (χ1) is 20.0. The highest BCUT2D eigenvalue weighted by molar-refractivity contribution is 6.07. The molecular weight excluding hydrogens is 549 g/mol. The summed E-state index contributed by atoms with van der Waals surface area (Å²) in [5, 5.41) is 2.77. The number of halogens is 3. The Labute approximate surface area is 241 Å². The quantitative estimate of drug-likeness (QED) is 0.322. The number of rotatable bonds is 8. The molecule has 4 fully saturated rings. The maximum Gasteiger partial charge on any atom is 0.394 e. The lowest BCUT2D eigenvalue weighted by Crippen LogP contribution is -2.71. The molecule has 3 saturated carbocycles. The van der Waals surface area contributed by atoms with Crippen molar-refractivity contribution in [2.75, 3.05) is 11.9 Å². The Morgan fingerprint density at radius 3 is 2.43 bits per heavy atom. The minimum atomic E-state index is -4.33. The van der Waals surface area contributed by atoms with Gasteiger partial charge in [-0.15, -0.1) is 0 Å². The topological polar surface area (TPSA) is 103 Å². The van der Waals surface area contributed by atoms with Crippen molar-refractivity contribution >= 4 is 17.5 Å². The van der Waals surface area contributed by atoms with Crippen LogP contribution in [-0.2, 0) is 16.1 Å². The number of ketones is 1. The lowest BCUT2D eigenvalue weighted by Gasteiger charge is -2.69. The molecule has 7 rings (SSSR count). The van der Waals surface area contributed by atoms with E-state index in [-0.39, 0.29) is 42.8 Å². The van der Waals surface area contributed by atoms with Gasteiger partial charge in [-0.1, -0.05) is 30.3 Å². The summed E-state index contributed by atoms with van der Waals surface area (Å²) < 4.78 is 51.9. The van der Waals surface area contributed by atoms with Gasteiger partial charge in [0.05, 0.1) is 22.9 Å². The first-order valence-corrected chi connectivity index (χ1v) is 14.0. The third-order valence-electron chi connectivity index (χ3n) is 8.89. The maximum absolute atomic E-state index is 13.4. The van der Waals surface area contributed by atoms with Crippen LogP contribution in [0.25, 0.3) is 0 Å². The summed E-state index contributed by atoms with van der Waals surface area (Å²) in [4.78, 5) is 40.0. The minimum Gasteiger partial charge on any atom is -0.473 e. The number of alkyl halides is 3. The summed E-state index contributed by atoms with van der Waals surface area (Å²) in [7, 11) is 0. The molecule has 2 aromatic heterocycles. The highest BCUT2D eigenvalue weighted by Gasteiger charge is 2.81. The molecular formula is C31H31F3N4O4. The van der Waals surface area contributed by atoms with Crippen LogP contribution in [0.4, 0.5) is 19.0 Å². The van der Waals surface area contributed by atoms with Crippen molar-refractivity contribution in [3.8, 4) is 5.88 Å². The maximum atomic E-state index is 13.4. The van der Waals surface area contributed by atoms with Crippen LogP contribution in [0, 0.1) is 30.6 Å². The molecule has 220 valence electrons. The van der Waals surface area contributed by atoms with Crippen LogP contribution in [0.1, 0.15) is 71.2 Å². The van der Waals surface area contributed by atoms with Crippen molar-refractivity contribution in [3.05, 3.63) is 76.9 Å². The largest absolute Gasteiger partial charge is 0.473 e. The molecule has 2 atom stereocenters. The van der Waals surface area contributed by atoms with E-state index < -0.39 is 28.7 Å². The third-order valence-corrected chi connectivity index (χ3v) is 8.89. The molecule has 3 heterocycles. The van der Waals surface area contributed by atoms with Crippen LogP contribution in [0.15, 0.2) is 48.7 Å². The van der Waals surface area contributed by atoms with Crippen LogP contribution in [0.5, 0.6) is 5.88 Å². The SMILES string of the molecule is Cc1nc(NC(=O)[C@H]2CCO[C@@H](c3ccc(OCc4ccccc4)nc3)C2)c(C(=O)C23CC(C(F)(F)F)(C2)C3)nc1C. The number of anilines is 1. The molecule has 1 aromatic carbocycles. The molecule has 0 unspecified atom stereocenters. The number of Topliss-reactive ketones (excluding diaryl/α,β-unsaturated/α-hetero) is 1. The summed E-state index contributed by atoms with van der Waals surface area (Å²) >= 11 is 0. The Morgan fingerprint density at radius 1 is 1.05 bits per heavy atom. The number of amides is 1. The zero-order chi connectivity index (χ0) is 29.7. The Kier molecular flexibility index (Phi) is 7.03. The van der Waals surface area contributed by atoms with Gasteiger partial charge in [-0.2, -0.15) is 13.2 Å². The zero-order valence-corrected chi connectivity index (χ0v) is 23.3. The van der Waals surface area contributed by atoms with E-state index in [4.69, 9.17) is 9.47 Å². The Morgan fingerprint density at radius 2 is 1.76 bits per heavy atom. The first kappa shape index (κ1) is 28.3. The number of hydrogen-bond donors (Lipinski definition) is 1. The smallest absolute Gasteiger partial charge is 0.394 e. The van der Waals surface area contributed by atoms with Gasteiger partial charge in [0.15, 0.2) is 11.6 Å². The van der Waals surface area contributed by atoms with Crippen molar-refractivity contribution in [1.82, 2.24) is 15.0 Å². The van der Waals surface area contributed by atoms with E-state index in [1.165, 1.54) is 0 Å². The summed E-state index contributed by atoms with van der Waals surface area (Å²) in [6.45, 7) is 4.13. The van der Waals surface area contributed by atoms with E-state index >= 15 is 0 Å². The van der Waals surface area contributed by atoms with Gasteiger partial charge in [-0.25, -0.2) is 15.0 Å². The summed E-state index contributed by atoms with van der Waals surface area (Å²) in [5.41, 5.74) is -0.0682. The summed E-state index contributed by atoms with van der Waals surface area (Å²) in [6, 6.07) is 13.4.